The van der Waals surface area contributed by atoms with Gasteiger partial charge in [-0.3, -0.25) is 4.98 Å². The molecule has 0 atom stereocenters. The summed E-state index contributed by atoms with van der Waals surface area (Å²) in [5.74, 6) is 1.98. The fourth-order valence-electron chi connectivity index (χ4n) is 2.44. The first kappa shape index (κ1) is 16.6. The second-order valence-corrected chi connectivity index (χ2v) is 5.70. The second-order valence-electron chi connectivity index (χ2n) is 5.70. The third kappa shape index (κ3) is 4.40. The SMILES string of the molecule is c1cnc(Oc2ccc(CNc3ccc(-c4cncnc4)cn3)cc2)cn1. The van der Waals surface area contributed by atoms with E-state index >= 15 is 0 Å². The molecule has 0 fully saturated rings. The van der Waals surface area contributed by atoms with Gasteiger partial charge in [-0.1, -0.05) is 12.1 Å². The average Bonchev–Trinajstić information content (AvgIpc) is 2.75. The van der Waals surface area contributed by atoms with Crippen LogP contribution in [0.2, 0.25) is 0 Å². The van der Waals surface area contributed by atoms with Gasteiger partial charge in [-0.25, -0.2) is 19.9 Å². The van der Waals surface area contributed by atoms with E-state index in [1.165, 1.54) is 6.33 Å². The lowest BCUT2D eigenvalue weighted by molar-refractivity contribution is 0.460. The third-order valence-corrected chi connectivity index (χ3v) is 3.82. The van der Waals surface area contributed by atoms with E-state index < -0.39 is 0 Å². The van der Waals surface area contributed by atoms with Crippen LogP contribution in [0.1, 0.15) is 5.56 Å². The van der Waals surface area contributed by atoms with Crippen LogP contribution >= 0.6 is 0 Å². The summed E-state index contributed by atoms with van der Waals surface area (Å²) in [4.78, 5) is 20.5. The Balaban J connectivity index is 1.34. The smallest absolute Gasteiger partial charge is 0.237 e. The van der Waals surface area contributed by atoms with Crippen molar-refractivity contribution in [2.45, 2.75) is 6.54 Å². The lowest BCUT2D eigenvalue weighted by atomic mass is 10.1. The molecule has 0 bridgehead atoms. The van der Waals surface area contributed by atoms with Gasteiger partial charge in [0.15, 0.2) is 0 Å². The number of anilines is 1. The maximum atomic E-state index is 5.63. The molecule has 0 saturated heterocycles. The zero-order chi connectivity index (χ0) is 18.3. The Morgan fingerprint density at radius 2 is 1.59 bits per heavy atom. The topological polar surface area (TPSA) is 85.7 Å². The first-order valence-electron chi connectivity index (χ1n) is 8.35. The number of aromatic nitrogens is 5. The van der Waals surface area contributed by atoms with Crippen LogP contribution in [-0.4, -0.2) is 24.9 Å². The molecule has 0 unspecified atom stereocenters. The average molecular weight is 356 g/mol. The molecule has 0 saturated carbocycles. The Bertz CT molecular complexity index is 976. The van der Waals surface area contributed by atoms with Gasteiger partial charge < -0.3 is 10.1 Å². The van der Waals surface area contributed by atoms with Crippen molar-refractivity contribution in [2.24, 2.45) is 0 Å². The van der Waals surface area contributed by atoms with Gasteiger partial charge in [0.25, 0.3) is 0 Å². The number of pyridine rings is 1. The predicted molar refractivity (Wildman–Crippen MR) is 101 cm³/mol. The lowest BCUT2D eigenvalue weighted by Gasteiger charge is -2.08. The summed E-state index contributed by atoms with van der Waals surface area (Å²) in [5, 5.41) is 3.30. The molecule has 4 rings (SSSR count). The second kappa shape index (κ2) is 8.01. The molecule has 0 aliphatic heterocycles. The van der Waals surface area contributed by atoms with Crippen LogP contribution in [-0.2, 0) is 6.54 Å². The summed E-state index contributed by atoms with van der Waals surface area (Å²) < 4.78 is 5.63. The fourth-order valence-corrected chi connectivity index (χ4v) is 2.44. The zero-order valence-electron chi connectivity index (χ0n) is 14.4. The number of ether oxygens (including phenoxy) is 1. The lowest BCUT2D eigenvalue weighted by Crippen LogP contribution is -2.01. The van der Waals surface area contributed by atoms with Crippen LogP contribution in [0, 0.1) is 0 Å². The molecule has 0 aliphatic rings. The van der Waals surface area contributed by atoms with Gasteiger partial charge >= 0.3 is 0 Å². The zero-order valence-corrected chi connectivity index (χ0v) is 14.4. The van der Waals surface area contributed by atoms with Crippen LogP contribution in [0.5, 0.6) is 11.6 Å². The Labute approximate surface area is 156 Å². The predicted octanol–water partition coefficient (Wildman–Crippen LogP) is 3.73. The number of nitrogens with zero attached hydrogens (tertiary/aromatic N) is 5. The van der Waals surface area contributed by atoms with Crippen molar-refractivity contribution in [3.8, 4) is 22.8 Å². The van der Waals surface area contributed by atoms with E-state index in [0.29, 0.717) is 18.2 Å². The van der Waals surface area contributed by atoms with Crippen molar-refractivity contribution in [2.75, 3.05) is 5.32 Å². The first-order valence-corrected chi connectivity index (χ1v) is 8.35. The number of benzene rings is 1. The van der Waals surface area contributed by atoms with Gasteiger partial charge in [0.05, 0.1) is 6.20 Å². The molecule has 3 aromatic heterocycles. The molecule has 1 N–H and O–H groups in total. The van der Waals surface area contributed by atoms with E-state index in [9.17, 15) is 0 Å². The minimum absolute atomic E-state index is 0.469. The number of nitrogens with one attached hydrogen (secondary N) is 1. The highest BCUT2D eigenvalue weighted by molar-refractivity contribution is 5.61. The standard InChI is InChI=1S/C20H16N6O/c1-4-18(27-20-13-21-7-8-24-20)5-2-15(1)9-25-19-6-3-16(12-26-19)17-10-22-14-23-11-17/h1-8,10-14H,9H2,(H,25,26). The van der Waals surface area contributed by atoms with Crippen molar-refractivity contribution in [3.63, 3.8) is 0 Å². The van der Waals surface area contributed by atoms with Crippen LogP contribution in [0.4, 0.5) is 5.82 Å². The molecule has 7 nitrogen and oxygen atoms in total. The Morgan fingerprint density at radius 1 is 0.741 bits per heavy atom. The molecule has 4 aromatic rings. The van der Waals surface area contributed by atoms with E-state index in [-0.39, 0.29) is 0 Å². The summed E-state index contributed by atoms with van der Waals surface area (Å²) in [6.45, 7) is 0.659. The van der Waals surface area contributed by atoms with Crippen LogP contribution in [0.3, 0.4) is 0 Å². The monoisotopic (exact) mass is 356 g/mol. The summed E-state index contributed by atoms with van der Waals surface area (Å²) in [7, 11) is 0. The van der Waals surface area contributed by atoms with Gasteiger partial charge in [0.2, 0.25) is 5.88 Å². The molecule has 0 amide bonds. The highest BCUT2D eigenvalue weighted by Crippen LogP contribution is 2.20. The Morgan fingerprint density at radius 3 is 2.30 bits per heavy atom. The van der Waals surface area contributed by atoms with Crippen LogP contribution in [0.15, 0.2) is 79.9 Å². The van der Waals surface area contributed by atoms with Gasteiger partial charge in [-0.05, 0) is 29.8 Å². The molecular formula is C20H16N6O. The molecule has 27 heavy (non-hydrogen) atoms. The van der Waals surface area contributed by atoms with Gasteiger partial charge in [0, 0.05) is 48.7 Å². The molecule has 7 heteroatoms. The van der Waals surface area contributed by atoms with Crippen LogP contribution < -0.4 is 10.1 Å². The number of hydrogen-bond donors (Lipinski definition) is 1. The molecule has 0 spiro atoms. The quantitative estimate of drug-likeness (QED) is 0.563. The summed E-state index contributed by atoms with van der Waals surface area (Å²) in [5.41, 5.74) is 3.03. The van der Waals surface area contributed by atoms with Crippen LogP contribution in [0.25, 0.3) is 11.1 Å². The van der Waals surface area contributed by atoms with E-state index in [1.807, 2.05) is 36.4 Å². The Hall–Kier alpha value is -3.87. The minimum Gasteiger partial charge on any atom is -0.438 e. The minimum atomic E-state index is 0.469. The van der Waals surface area contributed by atoms with E-state index in [2.05, 4.69) is 30.2 Å². The van der Waals surface area contributed by atoms with Gasteiger partial charge in [-0.2, -0.15) is 0 Å². The van der Waals surface area contributed by atoms with Gasteiger partial charge in [0.1, 0.15) is 17.9 Å². The first-order chi connectivity index (χ1) is 13.4. The van der Waals surface area contributed by atoms with Crippen molar-refractivity contribution in [1.82, 2.24) is 24.9 Å². The Kier molecular flexibility index (Phi) is 4.92. The van der Waals surface area contributed by atoms with Crippen molar-refractivity contribution in [3.05, 3.63) is 85.5 Å². The molecule has 0 aliphatic carbocycles. The maximum absolute atomic E-state index is 5.63. The largest absolute Gasteiger partial charge is 0.438 e. The molecule has 132 valence electrons. The maximum Gasteiger partial charge on any atom is 0.237 e. The number of rotatable bonds is 6. The van der Waals surface area contributed by atoms with Crippen molar-refractivity contribution >= 4 is 5.82 Å². The van der Waals surface area contributed by atoms with Gasteiger partial charge in [-0.15, -0.1) is 0 Å². The molecule has 0 radical (unpaired) electrons. The summed E-state index contributed by atoms with van der Waals surface area (Å²) in [6, 6.07) is 11.7. The van der Waals surface area contributed by atoms with E-state index in [4.69, 9.17) is 4.74 Å². The van der Waals surface area contributed by atoms with Crippen molar-refractivity contribution < 1.29 is 4.74 Å². The van der Waals surface area contributed by atoms with E-state index in [1.54, 1.807) is 37.2 Å². The fraction of sp³-hybridized carbons (Fsp3) is 0.0500. The normalized spacial score (nSPS) is 10.4. The number of hydrogen-bond acceptors (Lipinski definition) is 7. The third-order valence-electron chi connectivity index (χ3n) is 3.82. The summed E-state index contributed by atoms with van der Waals surface area (Å²) >= 11 is 0. The van der Waals surface area contributed by atoms with E-state index in [0.717, 1.165) is 22.5 Å². The highest BCUT2D eigenvalue weighted by atomic mass is 16.5. The molecule has 3 heterocycles. The van der Waals surface area contributed by atoms with Crippen molar-refractivity contribution in [1.29, 1.82) is 0 Å². The highest BCUT2D eigenvalue weighted by Gasteiger charge is 2.01. The molecular weight excluding hydrogens is 340 g/mol. The summed E-state index contributed by atoms with van der Waals surface area (Å²) in [6.07, 6.45) is 11.6. The molecule has 1 aromatic carbocycles.